The Balaban J connectivity index is 1.78. The maximum Gasteiger partial charge on any atom is 0.244 e. The van der Waals surface area contributed by atoms with Gasteiger partial charge in [0.2, 0.25) is 11.3 Å². The number of ketones is 1. The molecule has 6 nitrogen and oxygen atoms in total. The van der Waals surface area contributed by atoms with E-state index in [1.807, 2.05) is 19.9 Å². The molecule has 0 fully saturated rings. The summed E-state index contributed by atoms with van der Waals surface area (Å²) in [4.78, 5) is 39.5. The van der Waals surface area contributed by atoms with Gasteiger partial charge in [0.1, 0.15) is 12.3 Å². The van der Waals surface area contributed by atoms with Crippen LogP contribution in [0.5, 0.6) is 5.75 Å². The highest BCUT2D eigenvalue weighted by Crippen LogP contribution is 2.21. The molecule has 1 heterocycles. The number of rotatable bonds is 6. The van der Waals surface area contributed by atoms with Crippen LogP contribution in [0.3, 0.4) is 0 Å². The fourth-order valence-corrected chi connectivity index (χ4v) is 3.85. The largest absolute Gasteiger partial charge is 0.497 e. The molecule has 172 valence electrons. The Morgan fingerprint density at radius 2 is 1.71 bits per heavy atom. The van der Waals surface area contributed by atoms with E-state index >= 15 is 0 Å². The number of nitrogens with one attached hydrogen (secondary N) is 1. The summed E-state index contributed by atoms with van der Waals surface area (Å²) in [6.07, 6.45) is 1.45. The molecule has 3 aromatic carbocycles. The number of hydrogen-bond donors (Lipinski definition) is 1. The highest BCUT2D eigenvalue weighted by Gasteiger charge is 2.19. The second kappa shape index (κ2) is 9.53. The standard InChI is InChI=1S/C27H23ClN2O4/c1-16-4-5-18(12-17(16)2)26(32)23-14-30(15-25(31)29-20-8-6-19(28)7-9-20)24-11-10-21(34-3)13-22(24)27(23)33/h4-14H,15H2,1-3H3,(H,29,31). The Labute approximate surface area is 201 Å². The van der Waals surface area contributed by atoms with E-state index in [2.05, 4.69) is 5.32 Å². The van der Waals surface area contributed by atoms with Gasteiger partial charge in [0.15, 0.2) is 5.78 Å². The zero-order chi connectivity index (χ0) is 24.4. The minimum atomic E-state index is -0.411. The molecule has 1 aromatic heterocycles. The molecule has 0 saturated heterocycles. The third-order valence-electron chi connectivity index (χ3n) is 5.74. The fraction of sp³-hybridized carbons (Fsp3) is 0.148. The Kier molecular flexibility index (Phi) is 6.52. The first kappa shape index (κ1) is 23.3. The number of anilines is 1. The molecule has 0 spiro atoms. The number of hydrogen-bond acceptors (Lipinski definition) is 4. The molecule has 4 rings (SSSR count). The van der Waals surface area contributed by atoms with Crippen LogP contribution in [-0.2, 0) is 11.3 Å². The zero-order valence-corrected chi connectivity index (χ0v) is 19.8. The number of ether oxygens (including phenoxy) is 1. The summed E-state index contributed by atoms with van der Waals surface area (Å²) in [6.45, 7) is 3.77. The summed E-state index contributed by atoms with van der Waals surface area (Å²) in [7, 11) is 1.50. The van der Waals surface area contributed by atoms with E-state index in [0.717, 1.165) is 11.1 Å². The van der Waals surface area contributed by atoms with Crippen LogP contribution in [0.2, 0.25) is 5.02 Å². The van der Waals surface area contributed by atoms with Crippen LogP contribution >= 0.6 is 11.6 Å². The molecule has 0 unspecified atom stereocenters. The molecule has 0 aliphatic heterocycles. The van der Waals surface area contributed by atoms with E-state index in [1.54, 1.807) is 59.2 Å². The van der Waals surface area contributed by atoms with Gasteiger partial charge in [0.05, 0.1) is 23.6 Å². The van der Waals surface area contributed by atoms with Crippen LogP contribution in [0.15, 0.2) is 71.7 Å². The predicted octanol–water partition coefficient (Wildman–Crippen LogP) is 5.15. The van der Waals surface area contributed by atoms with Crippen molar-refractivity contribution in [3.63, 3.8) is 0 Å². The topological polar surface area (TPSA) is 77.4 Å². The number of pyridine rings is 1. The lowest BCUT2D eigenvalue weighted by molar-refractivity contribution is -0.116. The Hall–Kier alpha value is -3.90. The molecule has 34 heavy (non-hydrogen) atoms. The molecule has 0 aliphatic carbocycles. The highest BCUT2D eigenvalue weighted by molar-refractivity contribution is 6.30. The third-order valence-corrected chi connectivity index (χ3v) is 5.99. The average Bonchev–Trinajstić information content (AvgIpc) is 2.83. The van der Waals surface area contributed by atoms with Crippen LogP contribution in [0.25, 0.3) is 10.9 Å². The molecule has 0 saturated carbocycles. The number of benzene rings is 3. The molecule has 0 bridgehead atoms. The smallest absolute Gasteiger partial charge is 0.244 e. The van der Waals surface area contributed by atoms with Gasteiger partial charge in [-0.15, -0.1) is 0 Å². The van der Waals surface area contributed by atoms with Crippen molar-refractivity contribution in [1.82, 2.24) is 4.57 Å². The minimum Gasteiger partial charge on any atom is -0.497 e. The molecular formula is C27H23ClN2O4. The number of aryl methyl sites for hydroxylation is 2. The number of aromatic nitrogens is 1. The van der Waals surface area contributed by atoms with E-state index in [9.17, 15) is 14.4 Å². The summed E-state index contributed by atoms with van der Waals surface area (Å²) in [5.74, 6) is -0.227. The molecule has 0 aliphatic rings. The average molecular weight is 475 g/mol. The lowest BCUT2D eigenvalue weighted by Crippen LogP contribution is -2.24. The number of amides is 1. The van der Waals surface area contributed by atoms with Crippen molar-refractivity contribution >= 4 is 39.9 Å². The van der Waals surface area contributed by atoms with Crippen molar-refractivity contribution in [3.8, 4) is 5.75 Å². The van der Waals surface area contributed by atoms with Gasteiger partial charge in [-0.05, 0) is 73.5 Å². The van der Waals surface area contributed by atoms with Crippen molar-refractivity contribution in [2.24, 2.45) is 0 Å². The number of carbonyl (C=O) groups excluding carboxylic acids is 2. The molecule has 1 N–H and O–H groups in total. The maximum absolute atomic E-state index is 13.3. The van der Waals surface area contributed by atoms with Crippen LogP contribution in [0, 0.1) is 13.8 Å². The summed E-state index contributed by atoms with van der Waals surface area (Å²) < 4.78 is 6.88. The van der Waals surface area contributed by atoms with Gasteiger partial charge in [-0.2, -0.15) is 0 Å². The van der Waals surface area contributed by atoms with E-state index in [4.69, 9.17) is 16.3 Å². The maximum atomic E-state index is 13.3. The monoisotopic (exact) mass is 474 g/mol. The number of fused-ring (bicyclic) bond motifs is 1. The van der Waals surface area contributed by atoms with Crippen molar-refractivity contribution in [2.45, 2.75) is 20.4 Å². The van der Waals surface area contributed by atoms with Gasteiger partial charge in [-0.3, -0.25) is 14.4 Å². The molecule has 7 heteroatoms. The first-order valence-corrected chi connectivity index (χ1v) is 11.0. The second-order valence-corrected chi connectivity index (χ2v) is 8.50. The summed E-state index contributed by atoms with van der Waals surface area (Å²) in [5, 5.41) is 3.67. The molecule has 1 amide bonds. The van der Waals surface area contributed by atoms with Gasteiger partial charge >= 0.3 is 0 Å². The summed E-state index contributed by atoms with van der Waals surface area (Å²) in [5.41, 5.74) is 3.11. The van der Waals surface area contributed by atoms with E-state index in [-0.39, 0.29) is 18.0 Å². The molecule has 0 atom stereocenters. The van der Waals surface area contributed by atoms with E-state index < -0.39 is 11.2 Å². The van der Waals surface area contributed by atoms with Gasteiger partial charge in [0.25, 0.3) is 0 Å². The molecular weight excluding hydrogens is 452 g/mol. The van der Waals surface area contributed by atoms with Crippen LogP contribution in [-0.4, -0.2) is 23.4 Å². The van der Waals surface area contributed by atoms with Gasteiger partial charge < -0.3 is 14.6 Å². The number of methoxy groups -OCH3 is 1. The predicted molar refractivity (Wildman–Crippen MR) is 134 cm³/mol. The second-order valence-electron chi connectivity index (χ2n) is 8.07. The van der Waals surface area contributed by atoms with Crippen LogP contribution in [0.4, 0.5) is 5.69 Å². The number of halogens is 1. The lowest BCUT2D eigenvalue weighted by Gasteiger charge is -2.14. The summed E-state index contributed by atoms with van der Waals surface area (Å²) in [6, 6.07) is 17.1. The molecule has 0 radical (unpaired) electrons. The number of carbonyl (C=O) groups is 2. The Bertz CT molecular complexity index is 1470. The third kappa shape index (κ3) is 4.72. The SMILES string of the molecule is COc1ccc2c(c1)c(=O)c(C(=O)c1ccc(C)c(C)c1)cn2CC(=O)Nc1ccc(Cl)cc1. The van der Waals surface area contributed by atoms with E-state index in [0.29, 0.717) is 32.9 Å². The number of nitrogens with zero attached hydrogens (tertiary/aromatic N) is 1. The normalized spacial score (nSPS) is 10.8. The molecule has 4 aromatic rings. The zero-order valence-electron chi connectivity index (χ0n) is 19.0. The quantitative estimate of drug-likeness (QED) is 0.392. The summed E-state index contributed by atoms with van der Waals surface area (Å²) >= 11 is 5.91. The highest BCUT2D eigenvalue weighted by atomic mass is 35.5. The van der Waals surface area contributed by atoms with Crippen LogP contribution in [0.1, 0.15) is 27.0 Å². The van der Waals surface area contributed by atoms with Crippen LogP contribution < -0.4 is 15.5 Å². The van der Waals surface area contributed by atoms with Crippen molar-refractivity contribution < 1.29 is 14.3 Å². The minimum absolute atomic E-state index is 0.0108. The fourth-order valence-electron chi connectivity index (χ4n) is 3.72. The van der Waals surface area contributed by atoms with Crippen molar-refractivity contribution in [3.05, 3.63) is 104 Å². The van der Waals surface area contributed by atoms with Crippen molar-refractivity contribution in [2.75, 3.05) is 12.4 Å². The van der Waals surface area contributed by atoms with Gasteiger partial charge in [-0.1, -0.05) is 23.7 Å². The van der Waals surface area contributed by atoms with E-state index in [1.165, 1.54) is 13.3 Å². The van der Waals surface area contributed by atoms with Gasteiger partial charge in [0, 0.05) is 22.5 Å². The Morgan fingerprint density at radius 1 is 0.971 bits per heavy atom. The first-order valence-electron chi connectivity index (χ1n) is 10.7. The Morgan fingerprint density at radius 3 is 2.38 bits per heavy atom. The van der Waals surface area contributed by atoms with Crippen molar-refractivity contribution in [1.29, 1.82) is 0 Å². The van der Waals surface area contributed by atoms with Gasteiger partial charge in [-0.25, -0.2) is 0 Å². The first-order chi connectivity index (χ1) is 16.3. The lowest BCUT2D eigenvalue weighted by atomic mass is 9.98.